The maximum atomic E-state index is 12.6. The molecule has 1 amide bonds. The highest BCUT2D eigenvalue weighted by atomic mass is 32.2. The Balaban J connectivity index is 2.32. The third-order valence-electron chi connectivity index (χ3n) is 3.00. The van der Waals surface area contributed by atoms with Gasteiger partial charge in [0.2, 0.25) is 0 Å². The normalized spacial score (nSPS) is 19.0. The molecule has 5 nitrogen and oxygen atoms in total. The van der Waals surface area contributed by atoms with Gasteiger partial charge < -0.3 is 10.0 Å². The summed E-state index contributed by atoms with van der Waals surface area (Å²) < 4.78 is 23.7. The molecule has 2 rings (SSSR count). The van der Waals surface area contributed by atoms with Crippen LogP contribution in [0.5, 0.6) is 0 Å². The number of aliphatic hydroxyl groups is 1. The average molecular weight is 345 g/mol. The van der Waals surface area contributed by atoms with Crippen molar-refractivity contribution >= 4 is 38.8 Å². The van der Waals surface area contributed by atoms with Crippen molar-refractivity contribution in [1.29, 1.82) is 0 Å². The smallest absolute Gasteiger partial charge is 0.266 e. The Hall–Kier alpha value is -1.01. The number of hydrogen-bond acceptors (Lipinski definition) is 6. The first-order valence-electron chi connectivity index (χ1n) is 6.20. The van der Waals surface area contributed by atoms with Gasteiger partial charge in [-0.15, -0.1) is 11.3 Å². The number of sulfone groups is 1. The van der Waals surface area contributed by atoms with Crippen LogP contribution in [0.25, 0.3) is 0 Å². The summed E-state index contributed by atoms with van der Waals surface area (Å²) in [5.74, 6) is 6.05. The monoisotopic (exact) mass is 345 g/mol. The highest BCUT2D eigenvalue weighted by Crippen LogP contribution is 2.25. The van der Waals surface area contributed by atoms with Gasteiger partial charge in [-0.3, -0.25) is 4.79 Å². The van der Waals surface area contributed by atoms with Crippen molar-refractivity contribution in [2.45, 2.75) is 5.37 Å². The highest BCUT2D eigenvalue weighted by molar-refractivity contribution is 8.00. The molecule has 114 valence electrons. The average Bonchev–Trinajstić information content (AvgIpc) is 2.91. The molecule has 1 aromatic rings. The lowest BCUT2D eigenvalue weighted by Crippen LogP contribution is -2.49. The van der Waals surface area contributed by atoms with E-state index in [9.17, 15) is 13.2 Å². The van der Waals surface area contributed by atoms with Crippen LogP contribution in [-0.4, -0.2) is 60.6 Å². The van der Waals surface area contributed by atoms with Crippen molar-refractivity contribution in [3.8, 4) is 11.8 Å². The zero-order chi connectivity index (χ0) is 15.5. The Kier molecular flexibility index (Phi) is 5.32. The largest absolute Gasteiger partial charge is 0.384 e. The van der Waals surface area contributed by atoms with Crippen molar-refractivity contribution in [3.63, 3.8) is 0 Å². The Labute approximate surface area is 132 Å². The lowest BCUT2D eigenvalue weighted by Gasteiger charge is -2.33. The number of carbonyl (C=O) groups is 1. The van der Waals surface area contributed by atoms with Crippen molar-refractivity contribution < 1.29 is 18.3 Å². The lowest BCUT2D eigenvalue weighted by atomic mass is 10.2. The van der Waals surface area contributed by atoms with Crippen LogP contribution in [-0.2, 0) is 9.84 Å². The zero-order valence-electron chi connectivity index (χ0n) is 11.4. The topological polar surface area (TPSA) is 74.7 Å². The number of nitrogens with zero attached hydrogens (tertiary/aromatic N) is 1. The van der Waals surface area contributed by atoms with E-state index < -0.39 is 15.2 Å². The molecule has 0 bridgehead atoms. The van der Waals surface area contributed by atoms with E-state index in [0.717, 1.165) is 12.0 Å². The summed E-state index contributed by atoms with van der Waals surface area (Å²) in [5.41, 5.74) is 0.532. The Morgan fingerprint density at radius 2 is 2.33 bits per heavy atom. The predicted octanol–water partition coefficient (Wildman–Crippen LogP) is 0.652. The molecule has 1 aliphatic heterocycles. The molecular formula is C13H15NO4S3. The number of hydrogen-bond donors (Lipinski definition) is 1. The third kappa shape index (κ3) is 3.80. The van der Waals surface area contributed by atoms with Crippen LogP contribution < -0.4 is 0 Å². The quantitative estimate of drug-likeness (QED) is 0.797. The molecule has 2 heterocycles. The fourth-order valence-corrected chi connectivity index (χ4v) is 5.63. The zero-order valence-corrected chi connectivity index (χ0v) is 13.9. The van der Waals surface area contributed by atoms with Crippen molar-refractivity contribution in [3.05, 3.63) is 21.9 Å². The number of thiophene rings is 1. The number of amides is 1. The molecule has 1 N–H and O–H groups in total. The first-order chi connectivity index (χ1) is 9.95. The minimum atomic E-state index is -3.33. The van der Waals surface area contributed by atoms with Crippen molar-refractivity contribution in [2.24, 2.45) is 0 Å². The van der Waals surface area contributed by atoms with Gasteiger partial charge in [0.25, 0.3) is 5.91 Å². The Bertz CT molecular complexity index is 684. The van der Waals surface area contributed by atoms with E-state index in [4.69, 9.17) is 5.11 Å². The molecule has 1 atom stereocenters. The second kappa shape index (κ2) is 6.83. The Morgan fingerprint density at radius 3 is 3.00 bits per heavy atom. The second-order valence-electron chi connectivity index (χ2n) is 4.48. The molecule has 1 aliphatic rings. The fourth-order valence-electron chi connectivity index (χ4n) is 2.01. The molecule has 0 spiro atoms. The number of carbonyl (C=O) groups excluding carboxylic acids is 1. The minimum Gasteiger partial charge on any atom is -0.384 e. The van der Waals surface area contributed by atoms with E-state index in [1.807, 2.05) is 0 Å². The van der Waals surface area contributed by atoms with Gasteiger partial charge >= 0.3 is 0 Å². The molecule has 0 aromatic carbocycles. The van der Waals surface area contributed by atoms with Crippen LogP contribution in [0.4, 0.5) is 0 Å². The van der Waals surface area contributed by atoms with E-state index in [-0.39, 0.29) is 12.5 Å². The van der Waals surface area contributed by atoms with E-state index >= 15 is 0 Å². The summed E-state index contributed by atoms with van der Waals surface area (Å²) in [5, 5.41) is 9.70. The summed E-state index contributed by atoms with van der Waals surface area (Å²) >= 11 is 2.77. The molecule has 1 unspecified atom stereocenters. The Morgan fingerprint density at radius 1 is 1.57 bits per heavy atom. The maximum absolute atomic E-state index is 12.6. The molecule has 1 aromatic heterocycles. The van der Waals surface area contributed by atoms with E-state index in [1.54, 1.807) is 11.4 Å². The number of aliphatic hydroxyl groups excluding tert-OH is 1. The van der Waals surface area contributed by atoms with Crippen LogP contribution in [0.3, 0.4) is 0 Å². The summed E-state index contributed by atoms with van der Waals surface area (Å²) in [6.07, 6.45) is 1.16. The summed E-state index contributed by atoms with van der Waals surface area (Å²) in [6, 6.07) is 1.70. The fraction of sp³-hybridized carbons (Fsp3) is 0.462. The maximum Gasteiger partial charge on any atom is 0.266 e. The van der Waals surface area contributed by atoms with Crippen molar-refractivity contribution in [1.82, 2.24) is 4.90 Å². The first kappa shape index (κ1) is 16.4. The van der Waals surface area contributed by atoms with Crippen LogP contribution in [0, 0.1) is 11.8 Å². The molecule has 0 aliphatic carbocycles. The number of rotatable bonds is 2. The van der Waals surface area contributed by atoms with Gasteiger partial charge in [0.15, 0.2) is 9.84 Å². The van der Waals surface area contributed by atoms with Crippen LogP contribution in [0.2, 0.25) is 0 Å². The lowest BCUT2D eigenvalue weighted by molar-refractivity contribution is 0.0754. The van der Waals surface area contributed by atoms with Crippen LogP contribution in [0.1, 0.15) is 15.2 Å². The summed E-state index contributed by atoms with van der Waals surface area (Å²) in [6.45, 7) is 0.127. The van der Waals surface area contributed by atoms with Gasteiger partial charge in [0, 0.05) is 29.9 Å². The van der Waals surface area contributed by atoms with Crippen LogP contribution in [0.15, 0.2) is 11.4 Å². The van der Waals surface area contributed by atoms with Gasteiger partial charge in [-0.05, 0) is 11.4 Å². The first-order valence-corrected chi connectivity index (χ1v) is 10.2. The molecule has 0 radical (unpaired) electrons. The van der Waals surface area contributed by atoms with E-state index in [0.29, 0.717) is 22.7 Å². The SMILES string of the molecule is CS(=O)(=O)C1CSCCN1C(=O)c1sccc1C#CCO. The van der Waals surface area contributed by atoms with Gasteiger partial charge in [0.1, 0.15) is 16.9 Å². The van der Waals surface area contributed by atoms with Crippen molar-refractivity contribution in [2.75, 3.05) is 30.9 Å². The molecule has 21 heavy (non-hydrogen) atoms. The summed E-state index contributed by atoms with van der Waals surface area (Å²) in [4.78, 5) is 14.5. The van der Waals surface area contributed by atoms with Crippen LogP contribution >= 0.6 is 23.1 Å². The predicted molar refractivity (Wildman–Crippen MR) is 85.3 cm³/mol. The number of thioether (sulfide) groups is 1. The van der Waals surface area contributed by atoms with Gasteiger partial charge in [0.05, 0.1) is 0 Å². The highest BCUT2D eigenvalue weighted by Gasteiger charge is 2.35. The molecular weight excluding hydrogens is 330 g/mol. The van der Waals surface area contributed by atoms with E-state index in [2.05, 4.69) is 11.8 Å². The summed E-state index contributed by atoms with van der Waals surface area (Å²) in [7, 11) is -3.33. The molecule has 1 fully saturated rings. The molecule has 1 saturated heterocycles. The van der Waals surface area contributed by atoms with E-state index in [1.165, 1.54) is 28.0 Å². The standard InChI is InChI=1S/C13H15NO4S3/c1-21(17,18)11-9-19-8-5-14(11)13(16)12-10(3-2-6-15)4-7-20-12/h4,7,11,15H,5-6,8-9H2,1H3. The van der Waals surface area contributed by atoms with Gasteiger partial charge in [-0.1, -0.05) is 11.8 Å². The minimum absolute atomic E-state index is 0.282. The second-order valence-corrected chi connectivity index (χ2v) is 8.75. The van der Waals surface area contributed by atoms with Gasteiger partial charge in [-0.25, -0.2) is 8.42 Å². The van der Waals surface area contributed by atoms with Gasteiger partial charge in [-0.2, -0.15) is 11.8 Å². The molecule has 8 heteroatoms. The third-order valence-corrected chi connectivity index (χ3v) is 6.55. The molecule has 0 saturated carbocycles.